The Bertz CT molecular complexity index is 518. The Morgan fingerprint density at radius 2 is 2.00 bits per heavy atom. The molecular formula is C16H24N2S. The third kappa shape index (κ3) is 4.02. The van der Waals surface area contributed by atoms with Gasteiger partial charge < -0.3 is 5.32 Å². The minimum Gasteiger partial charge on any atom is -0.308 e. The SMILES string of the molecule is CC(C)CCC(C)NC(C)c1cnc2ccsc2c1. The molecule has 0 bridgehead atoms. The standard InChI is InChI=1S/C16H24N2S/c1-11(2)5-6-12(3)18-13(4)14-9-16-15(17-10-14)7-8-19-16/h7-13,18H,5-6H2,1-4H3. The lowest BCUT2D eigenvalue weighted by molar-refractivity contribution is 0.417. The lowest BCUT2D eigenvalue weighted by Crippen LogP contribution is -2.29. The number of hydrogen-bond acceptors (Lipinski definition) is 3. The first-order valence-electron chi connectivity index (χ1n) is 7.15. The van der Waals surface area contributed by atoms with Crippen molar-refractivity contribution in [2.75, 3.05) is 0 Å². The Balaban J connectivity index is 1.96. The highest BCUT2D eigenvalue weighted by Crippen LogP contribution is 2.23. The van der Waals surface area contributed by atoms with E-state index in [1.54, 1.807) is 11.3 Å². The molecule has 0 aliphatic heterocycles. The maximum atomic E-state index is 4.51. The molecule has 2 nitrogen and oxygen atoms in total. The molecule has 104 valence electrons. The minimum atomic E-state index is 0.362. The predicted molar refractivity (Wildman–Crippen MR) is 84.7 cm³/mol. The summed E-state index contributed by atoms with van der Waals surface area (Å²) in [4.78, 5) is 4.51. The van der Waals surface area contributed by atoms with Crippen LogP contribution in [0.2, 0.25) is 0 Å². The summed E-state index contributed by atoms with van der Waals surface area (Å²) in [6, 6.07) is 5.25. The minimum absolute atomic E-state index is 0.362. The maximum Gasteiger partial charge on any atom is 0.0809 e. The Kier molecular flexibility index (Phi) is 4.94. The van der Waals surface area contributed by atoms with E-state index in [1.165, 1.54) is 23.1 Å². The molecule has 2 aromatic rings. The van der Waals surface area contributed by atoms with Crippen LogP contribution in [0.3, 0.4) is 0 Å². The molecule has 0 aromatic carbocycles. The van der Waals surface area contributed by atoms with Gasteiger partial charge in [0, 0.05) is 18.3 Å². The van der Waals surface area contributed by atoms with Crippen molar-refractivity contribution in [1.29, 1.82) is 0 Å². The molecule has 1 N–H and O–H groups in total. The quantitative estimate of drug-likeness (QED) is 0.822. The number of pyridine rings is 1. The summed E-state index contributed by atoms with van der Waals surface area (Å²) < 4.78 is 1.28. The van der Waals surface area contributed by atoms with Crippen molar-refractivity contribution in [3.63, 3.8) is 0 Å². The van der Waals surface area contributed by atoms with Crippen molar-refractivity contribution >= 4 is 21.6 Å². The van der Waals surface area contributed by atoms with Gasteiger partial charge in [-0.2, -0.15) is 0 Å². The first kappa shape index (κ1) is 14.5. The zero-order valence-corrected chi connectivity index (χ0v) is 13.1. The molecule has 3 heteroatoms. The zero-order chi connectivity index (χ0) is 13.8. The third-order valence-electron chi connectivity index (χ3n) is 3.54. The number of nitrogens with one attached hydrogen (secondary N) is 1. The molecule has 2 aromatic heterocycles. The van der Waals surface area contributed by atoms with Crippen LogP contribution in [0.15, 0.2) is 23.7 Å². The molecule has 2 heterocycles. The Hall–Kier alpha value is -0.930. The Labute approximate surface area is 120 Å². The van der Waals surface area contributed by atoms with Gasteiger partial charge in [0.1, 0.15) is 0 Å². The summed E-state index contributed by atoms with van der Waals surface area (Å²) >= 11 is 1.76. The van der Waals surface area contributed by atoms with Gasteiger partial charge in [0.25, 0.3) is 0 Å². The molecule has 0 spiro atoms. The normalized spacial score (nSPS) is 15.0. The summed E-state index contributed by atoms with van der Waals surface area (Å²) in [7, 11) is 0. The van der Waals surface area contributed by atoms with Crippen molar-refractivity contribution in [3.8, 4) is 0 Å². The number of aromatic nitrogens is 1. The van der Waals surface area contributed by atoms with Gasteiger partial charge in [-0.1, -0.05) is 13.8 Å². The molecule has 0 saturated heterocycles. The number of hydrogen-bond donors (Lipinski definition) is 1. The van der Waals surface area contributed by atoms with Crippen LogP contribution in [0.4, 0.5) is 0 Å². The number of thiophene rings is 1. The second-order valence-corrected chi connectivity index (χ2v) is 6.78. The highest BCUT2D eigenvalue weighted by atomic mass is 32.1. The first-order valence-corrected chi connectivity index (χ1v) is 8.03. The number of rotatable bonds is 6. The van der Waals surface area contributed by atoms with Gasteiger partial charge in [-0.05, 0) is 55.7 Å². The van der Waals surface area contributed by atoms with E-state index in [-0.39, 0.29) is 0 Å². The van der Waals surface area contributed by atoms with E-state index >= 15 is 0 Å². The van der Waals surface area contributed by atoms with Crippen molar-refractivity contribution in [2.24, 2.45) is 5.92 Å². The second kappa shape index (κ2) is 6.49. The largest absolute Gasteiger partial charge is 0.308 e. The Morgan fingerprint density at radius 3 is 2.74 bits per heavy atom. The van der Waals surface area contributed by atoms with Crippen LogP contribution in [-0.2, 0) is 0 Å². The van der Waals surface area contributed by atoms with Gasteiger partial charge in [-0.15, -0.1) is 11.3 Å². The van der Waals surface area contributed by atoms with E-state index in [0.717, 1.165) is 11.4 Å². The van der Waals surface area contributed by atoms with Crippen LogP contribution in [0.1, 0.15) is 52.1 Å². The van der Waals surface area contributed by atoms with Crippen LogP contribution in [0.25, 0.3) is 10.2 Å². The average Bonchev–Trinajstić information content (AvgIpc) is 2.83. The van der Waals surface area contributed by atoms with E-state index in [9.17, 15) is 0 Å². The molecule has 19 heavy (non-hydrogen) atoms. The number of nitrogens with zero attached hydrogens (tertiary/aromatic N) is 1. The zero-order valence-electron chi connectivity index (χ0n) is 12.3. The van der Waals surface area contributed by atoms with E-state index in [4.69, 9.17) is 0 Å². The van der Waals surface area contributed by atoms with Crippen LogP contribution in [-0.4, -0.2) is 11.0 Å². The summed E-state index contributed by atoms with van der Waals surface area (Å²) in [6.45, 7) is 9.06. The summed E-state index contributed by atoms with van der Waals surface area (Å²) in [5.74, 6) is 0.781. The lowest BCUT2D eigenvalue weighted by Gasteiger charge is -2.21. The van der Waals surface area contributed by atoms with Crippen molar-refractivity contribution in [3.05, 3.63) is 29.3 Å². The molecule has 0 fully saturated rings. The van der Waals surface area contributed by atoms with Gasteiger partial charge in [0.15, 0.2) is 0 Å². The van der Waals surface area contributed by atoms with Crippen LogP contribution in [0.5, 0.6) is 0 Å². The van der Waals surface area contributed by atoms with Gasteiger partial charge in [-0.3, -0.25) is 4.98 Å². The molecule has 2 atom stereocenters. The fourth-order valence-corrected chi connectivity index (χ4v) is 3.08. The lowest BCUT2D eigenvalue weighted by atomic mass is 10.0. The Morgan fingerprint density at radius 1 is 1.21 bits per heavy atom. The molecule has 0 aliphatic carbocycles. The van der Waals surface area contributed by atoms with Gasteiger partial charge in [0.05, 0.1) is 10.2 Å². The average molecular weight is 276 g/mol. The molecule has 2 unspecified atom stereocenters. The fraction of sp³-hybridized carbons (Fsp3) is 0.562. The summed E-state index contributed by atoms with van der Waals surface area (Å²) in [5.41, 5.74) is 2.39. The van der Waals surface area contributed by atoms with Gasteiger partial charge in [0.2, 0.25) is 0 Å². The molecule has 0 amide bonds. The van der Waals surface area contributed by atoms with E-state index < -0.39 is 0 Å². The summed E-state index contributed by atoms with van der Waals surface area (Å²) in [5, 5.41) is 5.77. The summed E-state index contributed by atoms with van der Waals surface area (Å²) in [6.07, 6.45) is 4.52. The van der Waals surface area contributed by atoms with Crippen molar-refractivity contribution in [2.45, 2.75) is 52.6 Å². The smallest absolute Gasteiger partial charge is 0.0809 e. The van der Waals surface area contributed by atoms with Crippen LogP contribution < -0.4 is 5.32 Å². The fourth-order valence-electron chi connectivity index (χ4n) is 2.29. The molecule has 0 aliphatic rings. The highest BCUT2D eigenvalue weighted by Gasteiger charge is 2.11. The molecule has 0 radical (unpaired) electrons. The van der Waals surface area contributed by atoms with E-state index in [2.05, 4.69) is 55.5 Å². The third-order valence-corrected chi connectivity index (χ3v) is 4.39. The van der Waals surface area contributed by atoms with Gasteiger partial charge in [-0.25, -0.2) is 0 Å². The van der Waals surface area contributed by atoms with E-state index in [0.29, 0.717) is 12.1 Å². The maximum absolute atomic E-state index is 4.51. The first-order chi connectivity index (χ1) is 9.06. The van der Waals surface area contributed by atoms with Gasteiger partial charge >= 0.3 is 0 Å². The second-order valence-electron chi connectivity index (χ2n) is 5.83. The van der Waals surface area contributed by atoms with Crippen molar-refractivity contribution < 1.29 is 0 Å². The van der Waals surface area contributed by atoms with Crippen LogP contribution in [0, 0.1) is 5.92 Å². The molecule has 2 rings (SSSR count). The monoisotopic (exact) mass is 276 g/mol. The predicted octanol–water partition coefficient (Wildman–Crippen LogP) is 4.77. The topological polar surface area (TPSA) is 24.9 Å². The van der Waals surface area contributed by atoms with Crippen molar-refractivity contribution in [1.82, 2.24) is 10.3 Å². The van der Waals surface area contributed by atoms with Crippen LogP contribution >= 0.6 is 11.3 Å². The molecular weight excluding hydrogens is 252 g/mol. The number of fused-ring (bicyclic) bond motifs is 1. The highest BCUT2D eigenvalue weighted by molar-refractivity contribution is 7.17. The molecule has 0 saturated carbocycles. The van der Waals surface area contributed by atoms with E-state index in [1.807, 2.05) is 6.20 Å².